The number of hydrogen-bond donors (Lipinski definition) is 0. The maximum absolute atomic E-state index is 12.5. The topological polar surface area (TPSA) is 23.6 Å². The van der Waals surface area contributed by atoms with Crippen molar-refractivity contribution in [3.8, 4) is 0 Å². The van der Waals surface area contributed by atoms with Crippen LogP contribution in [-0.4, -0.2) is 53.7 Å². The lowest BCUT2D eigenvalue weighted by atomic mass is 10.1. The zero-order chi connectivity index (χ0) is 16.8. The van der Waals surface area contributed by atoms with Gasteiger partial charge < -0.3 is 4.90 Å². The van der Waals surface area contributed by atoms with Crippen molar-refractivity contribution in [2.75, 3.05) is 31.9 Å². The fourth-order valence-electron chi connectivity index (χ4n) is 3.93. The first-order valence-electron chi connectivity index (χ1n) is 9.38. The van der Waals surface area contributed by atoms with E-state index >= 15 is 0 Å². The molecule has 3 nitrogen and oxygen atoms in total. The quantitative estimate of drug-likeness (QED) is 0.812. The summed E-state index contributed by atoms with van der Waals surface area (Å²) in [4.78, 5) is 17.3. The van der Waals surface area contributed by atoms with Gasteiger partial charge >= 0.3 is 0 Å². The summed E-state index contributed by atoms with van der Waals surface area (Å²) < 4.78 is 0. The molecule has 1 heterocycles. The molecule has 1 aliphatic carbocycles. The lowest BCUT2D eigenvalue weighted by Gasteiger charge is -2.27. The summed E-state index contributed by atoms with van der Waals surface area (Å²) in [6.07, 6.45) is 6.63. The second kappa shape index (κ2) is 8.91. The molecule has 0 atom stereocenters. The van der Waals surface area contributed by atoms with Gasteiger partial charge in [0.2, 0.25) is 5.91 Å². The molecule has 24 heavy (non-hydrogen) atoms. The minimum atomic E-state index is 0.321. The largest absolute Gasteiger partial charge is 0.341 e. The monoisotopic (exact) mass is 346 g/mol. The van der Waals surface area contributed by atoms with E-state index in [0.29, 0.717) is 11.7 Å². The molecule has 0 spiro atoms. The Morgan fingerprint density at radius 3 is 2.67 bits per heavy atom. The number of benzene rings is 1. The molecular weight excluding hydrogens is 316 g/mol. The molecule has 3 rings (SSSR count). The zero-order valence-corrected chi connectivity index (χ0v) is 15.7. The molecule has 1 aromatic rings. The standard InChI is InChI=1S/C20H30N2OS/c1-17-7-2-3-8-18(17)15-24-16-20(23)22-12-6-11-21(13-14-22)19-9-4-5-10-19/h2-3,7-8,19H,4-6,9-16H2,1H3. The predicted octanol–water partition coefficient (Wildman–Crippen LogP) is 3.71. The highest BCUT2D eigenvalue weighted by molar-refractivity contribution is 7.99. The number of amides is 1. The highest BCUT2D eigenvalue weighted by Gasteiger charge is 2.25. The van der Waals surface area contributed by atoms with Crippen molar-refractivity contribution >= 4 is 17.7 Å². The molecule has 4 heteroatoms. The smallest absolute Gasteiger partial charge is 0.232 e. The predicted molar refractivity (Wildman–Crippen MR) is 102 cm³/mol. The lowest BCUT2D eigenvalue weighted by Crippen LogP contribution is -2.39. The summed E-state index contributed by atoms with van der Waals surface area (Å²) >= 11 is 1.75. The van der Waals surface area contributed by atoms with Crippen molar-refractivity contribution in [2.45, 2.75) is 50.8 Å². The molecule has 2 aliphatic rings. The highest BCUT2D eigenvalue weighted by Crippen LogP contribution is 2.24. The van der Waals surface area contributed by atoms with Gasteiger partial charge in [-0.3, -0.25) is 9.69 Å². The van der Waals surface area contributed by atoms with Gasteiger partial charge in [-0.1, -0.05) is 37.1 Å². The molecule has 1 amide bonds. The second-order valence-electron chi connectivity index (χ2n) is 7.13. The average Bonchev–Trinajstić information content (AvgIpc) is 3.01. The zero-order valence-electron chi connectivity index (χ0n) is 14.9. The van der Waals surface area contributed by atoms with E-state index in [0.717, 1.165) is 37.8 Å². The molecular formula is C20H30N2OS. The first kappa shape index (κ1) is 17.8. The number of carbonyl (C=O) groups is 1. The van der Waals surface area contributed by atoms with E-state index in [4.69, 9.17) is 0 Å². The summed E-state index contributed by atoms with van der Waals surface area (Å²) in [6.45, 7) is 6.24. The normalized spacial score (nSPS) is 20.3. The van der Waals surface area contributed by atoms with Crippen LogP contribution in [0, 0.1) is 6.92 Å². The third kappa shape index (κ3) is 4.76. The molecule has 1 aromatic carbocycles. The van der Waals surface area contributed by atoms with E-state index in [1.165, 1.54) is 43.4 Å². The van der Waals surface area contributed by atoms with Crippen molar-refractivity contribution in [3.05, 3.63) is 35.4 Å². The average molecular weight is 347 g/mol. The summed E-state index contributed by atoms with van der Waals surface area (Å²) in [5, 5.41) is 0. The molecule has 1 saturated heterocycles. The summed E-state index contributed by atoms with van der Waals surface area (Å²) in [6, 6.07) is 9.25. The SMILES string of the molecule is Cc1ccccc1CSCC(=O)N1CCCN(C2CCCC2)CC1. The Kier molecular flexibility index (Phi) is 6.61. The molecule has 0 radical (unpaired) electrons. The van der Waals surface area contributed by atoms with Crippen molar-refractivity contribution in [1.29, 1.82) is 0 Å². The van der Waals surface area contributed by atoms with Crippen LogP contribution in [0.3, 0.4) is 0 Å². The van der Waals surface area contributed by atoms with E-state index < -0.39 is 0 Å². The molecule has 132 valence electrons. The maximum Gasteiger partial charge on any atom is 0.232 e. The number of rotatable bonds is 5. The van der Waals surface area contributed by atoms with Crippen molar-refractivity contribution < 1.29 is 4.79 Å². The fraction of sp³-hybridized carbons (Fsp3) is 0.650. The number of hydrogen-bond acceptors (Lipinski definition) is 3. The van der Waals surface area contributed by atoms with Crippen LogP contribution in [0.2, 0.25) is 0 Å². The van der Waals surface area contributed by atoms with Gasteiger partial charge in [-0.15, -0.1) is 11.8 Å². The van der Waals surface area contributed by atoms with Crippen LogP contribution in [0.5, 0.6) is 0 Å². The van der Waals surface area contributed by atoms with Crippen LogP contribution in [-0.2, 0) is 10.5 Å². The van der Waals surface area contributed by atoms with Crippen LogP contribution < -0.4 is 0 Å². The van der Waals surface area contributed by atoms with E-state index in [1.807, 2.05) is 0 Å². The van der Waals surface area contributed by atoms with Gasteiger partial charge in [0.05, 0.1) is 5.75 Å². The Hall–Kier alpha value is -1.00. The van der Waals surface area contributed by atoms with E-state index in [1.54, 1.807) is 11.8 Å². The Morgan fingerprint density at radius 2 is 1.88 bits per heavy atom. The fourth-order valence-corrected chi connectivity index (χ4v) is 4.94. The van der Waals surface area contributed by atoms with Gasteiger partial charge in [0, 0.05) is 38.0 Å². The van der Waals surface area contributed by atoms with Gasteiger partial charge in [-0.05, 0) is 37.3 Å². The number of thioether (sulfide) groups is 1. The molecule has 0 bridgehead atoms. The lowest BCUT2D eigenvalue weighted by molar-refractivity contribution is -0.128. The van der Waals surface area contributed by atoms with Crippen molar-refractivity contribution in [1.82, 2.24) is 9.80 Å². The summed E-state index contributed by atoms with van der Waals surface area (Å²) in [5.41, 5.74) is 2.66. The second-order valence-corrected chi connectivity index (χ2v) is 8.11. The van der Waals surface area contributed by atoms with Gasteiger partial charge in [-0.2, -0.15) is 0 Å². The Bertz CT molecular complexity index is 542. The van der Waals surface area contributed by atoms with Crippen LogP contribution in [0.15, 0.2) is 24.3 Å². The Morgan fingerprint density at radius 1 is 1.08 bits per heavy atom. The van der Waals surface area contributed by atoms with Crippen molar-refractivity contribution in [3.63, 3.8) is 0 Å². The van der Waals surface area contributed by atoms with Gasteiger partial charge in [0.25, 0.3) is 0 Å². The third-order valence-electron chi connectivity index (χ3n) is 5.47. The van der Waals surface area contributed by atoms with Crippen LogP contribution in [0.4, 0.5) is 0 Å². The van der Waals surface area contributed by atoms with E-state index in [9.17, 15) is 4.79 Å². The summed E-state index contributed by atoms with van der Waals surface area (Å²) in [5.74, 6) is 1.86. The number of carbonyl (C=O) groups excluding carboxylic acids is 1. The highest BCUT2D eigenvalue weighted by atomic mass is 32.2. The van der Waals surface area contributed by atoms with E-state index in [2.05, 4.69) is 41.0 Å². The van der Waals surface area contributed by atoms with Crippen LogP contribution in [0.1, 0.15) is 43.2 Å². The van der Waals surface area contributed by atoms with Crippen molar-refractivity contribution in [2.24, 2.45) is 0 Å². The number of aryl methyl sites for hydroxylation is 1. The summed E-state index contributed by atoms with van der Waals surface area (Å²) in [7, 11) is 0. The maximum atomic E-state index is 12.5. The minimum absolute atomic E-state index is 0.321. The Balaban J connectivity index is 1.42. The van der Waals surface area contributed by atoms with Gasteiger partial charge in [-0.25, -0.2) is 0 Å². The van der Waals surface area contributed by atoms with Crippen LogP contribution >= 0.6 is 11.8 Å². The van der Waals surface area contributed by atoms with E-state index in [-0.39, 0.29) is 0 Å². The first-order valence-corrected chi connectivity index (χ1v) is 10.5. The molecule has 0 aromatic heterocycles. The molecule has 1 saturated carbocycles. The Labute approximate surface area is 150 Å². The third-order valence-corrected chi connectivity index (χ3v) is 6.43. The molecule has 0 N–H and O–H groups in total. The first-order chi connectivity index (χ1) is 11.7. The number of nitrogens with zero attached hydrogens (tertiary/aromatic N) is 2. The van der Waals surface area contributed by atoms with Gasteiger partial charge in [0.15, 0.2) is 0 Å². The molecule has 2 fully saturated rings. The minimum Gasteiger partial charge on any atom is -0.341 e. The molecule has 0 unspecified atom stereocenters. The molecule has 1 aliphatic heterocycles. The van der Waals surface area contributed by atoms with Gasteiger partial charge in [0.1, 0.15) is 0 Å². The van der Waals surface area contributed by atoms with Crippen LogP contribution in [0.25, 0.3) is 0 Å².